The maximum atomic E-state index is 12.9. The van der Waals surface area contributed by atoms with Gasteiger partial charge < -0.3 is 5.11 Å². The molecule has 0 saturated heterocycles. The van der Waals surface area contributed by atoms with Gasteiger partial charge in [-0.05, 0) is 17.2 Å². The van der Waals surface area contributed by atoms with Crippen LogP contribution in [0.3, 0.4) is 0 Å². The van der Waals surface area contributed by atoms with Crippen molar-refractivity contribution >= 4 is 23.4 Å². The molecule has 0 aromatic heterocycles. The first-order chi connectivity index (χ1) is 13.1. The number of halogens is 1. The SMILES string of the molecule is O=C(C[C@H](c1ccccc1Cl)[C@H](C(=O)O)c1ccccc1)c1ccccc1. The molecule has 3 aromatic carbocycles. The zero-order valence-corrected chi connectivity index (χ0v) is 15.3. The summed E-state index contributed by atoms with van der Waals surface area (Å²) in [5.74, 6) is -2.54. The van der Waals surface area contributed by atoms with Crippen LogP contribution in [0.1, 0.15) is 39.7 Å². The molecule has 0 unspecified atom stereocenters. The Bertz CT molecular complexity index is 923. The van der Waals surface area contributed by atoms with Crippen molar-refractivity contribution in [1.29, 1.82) is 0 Å². The molecule has 3 nitrogen and oxygen atoms in total. The quantitative estimate of drug-likeness (QED) is 0.547. The smallest absolute Gasteiger partial charge is 0.311 e. The second kappa shape index (κ2) is 8.65. The van der Waals surface area contributed by atoms with E-state index in [0.717, 1.165) is 0 Å². The number of rotatable bonds is 7. The number of ketones is 1. The van der Waals surface area contributed by atoms with Gasteiger partial charge in [0.2, 0.25) is 0 Å². The first kappa shape index (κ1) is 18.9. The number of Topliss-reactive ketones (excluding diaryl/α,β-unsaturated/α-hetero) is 1. The molecule has 0 aliphatic carbocycles. The van der Waals surface area contributed by atoms with Gasteiger partial charge in [-0.2, -0.15) is 0 Å². The summed E-state index contributed by atoms with van der Waals surface area (Å²) in [5.41, 5.74) is 1.88. The van der Waals surface area contributed by atoms with Crippen molar-refractivity contribution in [2.45, 2.75) is 18.3 Å². The van der Waals surface area contributed by atoms with Crippen LogP contribution in [0.2, 0.25) is 5.02 Å². The zero-order chi connectivity index (χ0) is 19.2. The highest BCUT2D eigenvalue weighted by Gasteiger charge is 2.34. The van der Waals surface area contributed by atoms with Crippen molar-refractivity contribution in [3.63, 3.8) is 0 Å². The topological polar surface area (TPSA) is 54.4 Å². The fourth-order valence-electron chi connectivity index (χ4n) is 3.33. The molecule has 0 spiro atoms. The number of carboxylic acids is 1. The molecule has 2 atom stereocenters. The number of hydrogen-bond donors (Lipinski definition) is 1. The van der Waals surface area contributed by atoms with Crippen molar-refractivity contribution in [3.8, 4) is 0 Å². The van der Waals surface area contributed by atoms with Gasteiger partial charge >= 0.3 is 5.97 Å². The highest BCUT2D eigenvalue weighted by molar-refractivity contribution is 6.31. The third kappa shape index (κ3) is 4.44. The molecule has 136 valence electrons. The summed E-state index contributed by atoms with van der Waals surface area (Å²) in [5, 5.41) is 10.4. The number of aliphatic carboxylic acids is 1. The lowest BCUT2D eigenvalue weighted by Crippen LogP contribution is -2.23. The predicted octanol–water partition coefficient (Wildman–Crippen LogP) is 5.57. The number of carbonyl (C=O) groups is 2. The van der Waals surface area contributed by atoms with E-state index in [4.69, 9.17) is 11.6 Å². The number of carbonyl (C=O) groups excluding carboxylic acids is 1. The van der Waals surface area contributed by atoms with Gasteiger partial charge in [0, 0.05) is 22.9 Å². The van der Waals surface area contributed by atoms with E-state index >= 15 is 0 Å². The van der Waals surface area contributed by atoms with Gasteiger partial charge in [-0.25, -0.2) is 0 Å². The van der Waals surface area contributed by atoms with Gasteiger partial charge in [0.05, 0.1) is 5.92 Å². The van der Waals surface area contributed by atoms with Crippen LogP contribution in [0.25, 0.3) is 0 Å². The third-order valence-electron chi connectivity index (χ3n) is 4.63. The van der Waals surface area contributed by atoms with Crippen molar-refractivity contribution in [1.82, 2.24) is 0 Å². The normalized spacial score (nSPS) is 12.9. The van der Waals surface area contributed by atoms with Crippen LogP contribution >= 0.6 is 11.6 Å². The van der Waals surface area contributed by atoms with Gasteiger partial charge in [0.25, 0.3) is 0 Å². The first-order valence-corrected chi connectivity index (χ1v) is 9.06. The molecule has 0 radical (unpaired) electrons. The molecule has 0 fully saturated rings. The van der Waals surface area contributed by atoms with Crippen LogP contribution in [0.4, 0.5) is 0 Å². The minimum absolute atomic E-state index is 0.0552. The fraction of sp³-hybridized carbons (Fsp3) is 0.130. The second-order valence-corrected chi connectivity index (χ2v) is 6.76. The Labute approximate surface area is 163 Å². The summed E-state index contributed by atoms with van der Waals surface area (Å²) in [7, 11) is 0. The van der Waals surface area contributed by atoms with E-state index in [1.165, 1.54) is 0 Å². The molecular formula is C23H19ClO3. The Kier molecular flexibility index (Phi) is 6.05. The summed E-state index contributed by atoms with van der Waals surface area (Å²) >= 11 is 6.38. The Morgan fingerprint density at radius 3 is 1.96 bits per heavy atom. The molecule has 0 amide bonds. The maximum absolute atomic E-state index is 12.9. The largest absolute Gasteiger partial charge is 0.481 e. The van der Waals surface area contributed by atoms with E-state index in [2.05, 4.69) is 0 Å². The van der Waals surface area contributed by atoms with E-state index in [0.29, 0.717) is 21.7 Å². The average molecular weight is 379 g/mol. The summed E-state index contributed by atoms with van der Waals surface area (Å²) in [6.45, 7) is 0. The Morgan fingerprint density at radius 2 is 1.37 bits per heavy atom. The van der Waals surface area contributed by atoms with Crippen LogP contribution < -0.4 is 0 Å². The summed E-state index contributed by atoms with van der Waals surface area (Å²) in [6.07, 6.45) is 0.0552. The average Bonchev–Trinajstić information content (AvgIpc) is 2.69. The van der Waals surface area contributed by atoms with E-state index in [1.54, 1.807) is 66.7 Å². The lowest BCUT2D eigenvalue weighted by Gasteiger charge is -2.25. The van der Waals surface area contributed by atoms with E-state index in [9.17, 15) is 14.7 Å². The van der Waals surface area contributed by atoms with Crippen LogP contribution in [0, 0.1) is 0 Å². The number of benzene rings is 3. The van der Waals surface area contributed by atoms with Crippen molar-refractivity contribution in [3.05, 3.63) is 107 Å². The highest BCUT2D eigenvalue weighted by Crippen LogP contribution is 2.39. The Balaban J connectivity index is 2.05. The molecule has 4 heteroatoms. The molecule has 0 heterocycles. The van der Waals surface area contributed by atoms with Crippen LogP contribution in [-0.4, -0.2) is 16.9 Å². The molecule has 3 aromatic rings. The monoisotopic (exact) mass is 378 g/mol. The van der Waals surface area contributed by atoms with Crippen molar-refractivity contribution < 1.29 is 14.7 Å². The second-order valence-electron chi connectivity index (χ2n) is 6.35. The maximum Gasteiger partial charge on any atom is 0.311 e. The summed E-state index contributed by atoms with van der Waals surface area (Å²) < 4.78 is 0. The van der Waals surface area contributed by atoms with Gasteiger partial charge in [-0.15, -0.1) is 0 Å². The zero-order valence-electron chi connectivity index (χ0n) is 14.6. The fourth-order valence-corrected chi connectivity index (χ4v) is 3.61. The van der Waals surface area contributed by atoms with Crippen LogP contribution in [-0.2, 0) is 4.79 Å². The van der Waals surface area contributed by atoms with Crippen LogP contribution in [0.5, 0.6) is 0 Å². The molecule has 0 aliphatic heterocycles. The molecule has 27 heavy (non-hydrogen) atoms. The molecule has 0 saturated carbocycles. The van der Waals surface area contributed by atoms with Gasteiger partial charge in [0.15, 0.2) is 5.78 Å². The highest BCUT2D eigenvalue weighted by atomic mass is 35.5. The van der Waals surface area contributed by atoms with Crippen molar-refractivity contribution in [2.24, 2.45) is 0 Å². The third-order valence-corrected chi connectivity index (χ3v) is 4.98. The Hall–Kier alpha value is -2.91. The minimum atomic E-state index is -0.980. The first-order valence-electron chi connectivity index (χ1n) is 8.68. The van der Waals surface area contributed by atoms with Gasteiger partial charge in [-0.3, -0.25) is 9.59 Å². The molecule has 3 rings (SSSR count). The van der Waals surface area contributed by atoms with Gasteiger partial charge in [-0.1, -0.05) is 90.5 Å². The number of hydrogen-bond acceptors (Lipinski definition) is 2. The standard InChI is InChI=1S/C23H19ClO3/c24-20-14-8-7-13-18(20)19(15-21(25)16-9-3-1-4-10-16)22(23(26)27)17-11-5-2-6-12-17/h1-14,19,22H,15H2,(H,26,27)/t19-,22-/m1/s1. The summed E-state index contributed by atoms with van der Waals surface area (Å²) in [6, 6.07) is 25.0. The molecule has 1 N–H and O–H groups in total. The van der Waals surface area contributed by atoms with Gasteiger partial charge in [0.1, 0.15) is 0 Å². The lowest BCUT2D eigenvalue weighted by molar-refractivity contribution is -0.139. The van der Waals surface area contributed by atoms with Crippen LogP contribution in [0.15, 0.2) is 84.9 Å². The lowest BCUT2D eigenvalue weighted by atomic mass is 9.78. The molecular weight excluding hydrogens is 360 g/mol. The van der Waals surface area contributed by atoms with E-state index < -0.39 is 17.8 Å². The molecule has 0 bridgehead atoms. The van der Waals surface area contributed by atoms with E-state index in [1.807, 2.05) is 18.2 Å². The number of carboxylic acid groups (broad SMARTS) is 1. The van der Waals surface area contributed by atoms with Crippen molar-refractivity contribution in [2.75, 3.05) is 0 Å². The molecule has 0 aliphatic rings. The Morgan fingerprint density at radius 1 is 0.815 bits per heavy atom. The minimum Gasteiger partial charge on any atom is -0.481 e. The summed E-state index contributed by atoms with van der Waals surface area (Å²) in [4.78, 5) is 25.1. The van der Waals surface area contributed by atoms with E-state index in [-0.39, 0.29) is 12.2 Å². The predicted molar refractivity (Wildman–Crippen MR) is 106 cm³/mol.